The van der Waals surface area contributed by atoms with E-state index in [1.54, 1.807) is 18.2 Å². The number of esters is 1. The molecule has 1 fully saturated rings. The van der Waals surface area contributed by atoms with Crippen LogP contribution in [0.5, 0.6) is 5.75 Å². The molecule has 7 heteroatoms. The molecule has 23 heavy (non-hydrogen) atoms. The highest BCUT2D eigenvalue weighted by Crippen LogP contribution is 2.32. The van der Waals surface area contributed by atoms with Gasteiger partial charge in [-0.15, -0.1) is 0 Å². The number of hydrogen-bond donors (Lipinski definition) is 1. The molecule has 0 radical (unpaired) electrons. The van der Waals surface area contributed by atoms with E-state index in [0.717, 1.165) is 17.3 Å². The van der Waals surface area contributed by atoms with Crippen molar-refractivity contribution in [2.24, 2.45) is 5.92 Å². The summed E-state index contributed by atoms with van der Waals surface area (Å²) in [7, 11) is 0. The van der Waals surface area contributed by atoms with Crippen LogP contribution >= 0.6 is 24.0 Å². The highest BCUT2D eigenvalue weighted by atomic mass is 32.2. The van der Waals surface area contributed by atoms with E-state index in [9.17, 15) is 14.7 Å². The Hall–Kier alpha value is -1.86. The number of thiocarbonyl (C=S) groups is 1. The molecule has 1 aromatic carbocycles. The fourth-order valence-corrected chi connectivity index (χ4v) is 3.05. The van der Waals surface area contributed by atoms with Gasteiger partial charge in [0.2, 0.25) is 0 Å². The molecule has 2 rings (SSSR count). The molecule has 1 aliphatic heterocycles. The Morgan fingerprint density at radius 3 is 2.65 bits per heavy atom. The van der Waals surface area contributed by atoms with Crippen LogP contribution in [0, 0.1) is 5.92 Å². The number of thioether (sulfide) groups is 1. The minimum Gasteiger partial charge on any atom is -0.508 e. The van der Waals surface area contributed by atoms with E-state index in [1.165, 1.54) is 17.0 Å². The number of rotatable bonds is 5. The van der Waals surface area contributed by atoms with Gasteiger partial charge < -0.3 is 9.84 Å². The molecular weight excluding hydrogens is 334 g/mol. The maximum Gasteiger partial charge on any atom is 0.326 e. The average Bonchev–Trinajstić information content (AvgIpc) is 2.75. The van der Waals surface area contributed by atoms with Crippen molar-refractivity contribution in [3.05, 3.63) is 34.7 Å². The van der Waals surface area contributed by atoms with Crippen LogP contribution in [0.25, 0.3) is 6.08 Å². The predicted molar refractivity (Wildman–Crippen MR) is 93.8 cm³/mol. The van der Waals surface area contributed by atoms with Gasteiger partial charge in [-0.1, -0.05) is 50.0 Å². The third-order valence-electron chi connectivity index (χ3n) is 2.93. The lowest BCUT2D eigenvalue weighted by Crippen LogP contribution is -2.34. The number of carbonyl (C=O) groups is 2. The molecule has 1 aromatic rings. The molecule has 1 aliphatic rings. The summed E-state index contributed by atoms with van der Waals surface area (Å²) in [5.41, 5.74) is 0.769. The summed E-state index contributed by atoms with van der Waals surface area (Å²) in [5.74, 6) is -0.391. The third kappa shape index (κ3) is 4.80. The minimum absolute atomic E-state index is 0.155. The predicted octanol–water partition coefficient (Wildman–Crippen LogP) is 2.79. The molecular formula is C16H17NO4S2. The highest BCUT2D eigenvalue weighted by molar-refractivity contribution is 8.26. The van der Waals surface area contributed by atoms with Gasteiger partial charge in [-0.3, -0.25) is 14.5 Å². The molecule has 0 bridgehead atoms. The first-order valence-corrected chi connectivity index (χ1v) is 8.29. The van der Waals surface area contributed by atoms with E-state index < -0.39 is 5.97 Å². The number of benzene rings is 1. The average molecular weight is 351 g/mol. The van der Waals surface area contributed by atoms with Gasteiger partial charge in [-0.05, 0) is 29.7 Å². The SMILES string of the molecule is CC(C)COC(=O)CN1C(=O)C(=Cc2ccc(O)cc2)SC1=S. The third-order valence-corrected chi connectivity index (χ3v) is 4.31. The summed E-state index contributed by atoms with van der Waals surface area (Å²) in [5, 5.41) is 9.27. The molecule has 0 aromatic heterocycles. The lowest BCUT2D eigenvalue weighted by molar-refractivity contribution is -0.147. The quantitative estimate of drug-likeness (QED) is 0.500. The van der Waals surface area contributed by atoms with E-state index >= 15 is 0 Å². The maximum absolute atomic E-state index is 12.4. The Labute approximate surface area is 144 Å². The summed E-state index contributed by atoms with van der Waals surface area (Å²) in [6.07, 6.45) is 1.68. The number of hydrogen-bond acceptors (Lipinski definition) is 6. The first kappa shape index (κ1) is 17.5. The second-order valence-electron chi connectivity index (χ2n) is 5.44. The van der Waals surface area contributed by atoms with Crippen molar-refractivity contribution in [2.75, 3.05) is 13.2 Å². The zero-order valence-corrected chi connectivity index (χ0v) is 14.4. The van der Waals surface area contributed by atoms with Crippen LogP contribution in [0.15, 0.2) is 29.2 Å². The van der Waals surface area contributed by atoms with E-state index in [-0.39, 0.29) is 24.1 Å². The second kappa shape index (κ2) is 7.61. The number of aromatic hydroxyl groups is 1. The van der Waals surface area contributed by atoms with Gasteiger partial charge in [0.25, 0.3) is 5.91 Å². The van der Waals surface area contributed by atoms with Crippen molar-refractivity contribution in [2.45, 2.75) is 13.8 Å². The molecule has 1 N–H and O–H groups in total. The maximum atomic E-state index is 12.4. The van der Waals surface area contributed by atoms with Crippen LogP contribution in [-0.4, -0.2) is 39.4 Å². The molecule has 0 unspecified atom stereocenters. The number of ether oxygens (including phenoxy) is 1. The molecule has 0 atom stereocenters. The first-order chi connectivity index (χ1) is 10.9. The number of phenols is 1. The first-order valence-electron chi connectivity index (χ1n) is 7.07. The van der Waals surface area contributed by atoms with E-state index in [1.807, 2.05) is 13.8 Å². The highest BCUT2D eigenvalue weighted by Gasteiger charge is 2.33. The zero-order valence-electron chi connectivity index (χ0n) is 12.8. The van der Waals surface area contributed by atoms with Gasteiger partial charge in [0.05, 0.1) is 11.5 Å². The Balaban J connectivity index is 2.04. The van der Waals surface area contributed by atoms with Gasteiger partial charge in [-0.2, -0.15) is 0 Å². The van der Waals surface area contributed by atoms with Crippen molar-refractivity contribution < 1.29 is 19.4 Å². The lowest BCUT2D eigenvalue weighted by Gasteiger charge is -2.14. The van der Waals surface area contributed by atoms with Gasteiger partial charge >= 0.3 is 5.97 Å². The van der Waals surface area contributed by atoms with Crippen LogP contribution in [0.4, 0.5) is 0 Å². The van der Waals surface area contributed by atoms with Crippen LogP contribution in [-0.2, 0) is 14.3 Å². The fraction of sp³-hybridized carbons (Fsp3) is 0.312. The molecule has 1 heterocycles. The summed E-state index contributed by atoms with van der Waals surface area (Å²) < 4.78 is 5.41. The van der Waals surface area contributed by atoms with Crippen molar-refractivity contribution in [3.8, 4) is 5.75 Å². The summed E-state index contributed by atoms with van der Waals surface area (Å²) in [6.45, 7) is 4.02. The smallest absolute Gasteiger partial charge is 0.326 e. The van der Waals surface area contributed by atoms with Gasteiger partial charge in [0.1, 0.15) is 16.6 Å². The van der Waals surface area contributed by atoms with Gasteiger partial charge in [-0.25, -0.2) is 0 Å². The van der Waals surface area contributed by atoms with E-state index in [4.69, 9.17) is 17.0 Å². The Kier molecular flexibility index (Phi) is 5.79. The van der Waals surface area contributed by atoms with Gasteiger partial charge in [0.15, 0.2) is 0 Å². The van der Waals surface area contributed by atoms with Crippen molar-refractivity contribution >= 4 is 46.3 Å². The van der Waals surface area contributed by atoms with Crippen LogP contribution in [0.3, 0.4) is 0 Å². The van der Waals surface area contributed by atoms with E-state index in [2.05, 4.69) is 0 Å². The summed E-state index contributed by atoms with van der Waals surface area (Å²) in [4.78, 5) is 25.8. The summed E-state index contributed by atoms with van der Waals surface area (Å²) >= 11 is 6.31. The Bertz CT molecular complexity index is 653. The van der Waals surface area contributed by atoms with Gasteiger partial charge in [0, 0.05) is 0 Å². The topological polar surface area (TPSA) is 66.8 Å². The van der Waals surface area contributed by atoms with Crippen molar-refractivity contribution in [3.63, 3.8) is 0 Å². The largest absolute Gasteiger partial charge is 0.508 e. The Morgan fingerprint density at radius 2 is 2.04 bits per heavy atom. The van der Waals surface area contributed by atoms with Crippen LogP contribution in [0.2, 0.25) is 0 Å². The monoisotopic (exact) mass is 351 g/mol. The second-order valence-corrected chi connectivity index (χ2v) is 7.11. The number of phenolic OH excluding ortho intramolecular Hbond substituents is 1. The molecule has 0 saturated carbocycles. The standard InChI is InChI=1S/C16H17NO4S2/c1-10(2)9-21-14(19)8-17-15(20)13(23-16(17)22)7-11-3-5-12(18)6-4-11/h3-7,10,18H,8-9H2,1-2H3. The van der Waals surface area contributed by atoms with Crippen LogP contribution in [0.1, 0.15) is 19.4 Å². The number of carbonyl (C=O) groups excluding carboxylic acids is 2. The van der Waals surface area contributed by atoms with Crippen molar-refractivity contribution in [1.29, 1.82) is 0 Å². The van der Waals surface area contributed by atoms with Crippen LogP contribution < -0.4 is 0 Å². The van der Waals surface area contributed by atoms with E-state index in [0.29, 0.717) is 15.8 Å². The number of nitrogens with zero attached hydrogens (tertiary/aromatic N) is 1. The molecule has 1 saturated heterocycles. The number of amides is 1. The Morgan fingerprint density at radius 1 is 1.39 bits per heavy atom. The molecule has 0 aliphatic carbocycles. The normalized spacial score (nSPS) is 16.5. The zero-order chi connectivity index (χ0) is 17.0. The summed E-state index contributed by atoms with van der Waals surface area (Å²) in [6, 6.07) is 6.46. The molecule has 0 spiro atoms. The molecule has 1 amide bonds. The lowest BCUT2D eigenvalue weighted by atomic mass is 10.2. The molecule has 5 nitrogen and oxygen atoms in total. The molecule has 122 valence electrons. The fourth-order valence-electron chi connectivity index (χ4n) is 1.79. The van der Waals surface area contributed by atoms with Crippen molar-refractivity contribution in [1.82, 2.24) is 4.90 Å². The minimum atomic E-state index is -0.471.